The Morgan fingerprint density at radius 3 is 2.03 bits per heavy atom. The molecule has 0 spiro atoms. The van der Waals surface area contributed by atoms with Gasteiger partial charge >= 0.3 is 17.9 Å². The van der Waals surface area contributed by atoms with Crippen LogP contribution in [0.3, 0.4) is 0 Å². The van der Waals surface area contributed by atoms with Crippen LogP contribution >= 0.6 is 0 Å². The van der Waals surface area contributed by atoms with E-state index >= 15 is 0 Å². The minimum Gasteiger partial charge on any atom is -0.463 e. The van der Waals surface area contributed by atoms with Crippen LogP contribution in [0.25, 0.3) is 10.4 Å². The van der Waals surface area contributed by atoms with Gasteiger partial charge in [-0.1, -0.05) is 32.8 Å². The summed E-state index contributed by atoms with van der Waals surface area (Å²) in [5, 5.41) is 3.57. The minimum absolute atomic E-state index is 0.202. The Bertz CT molecular complexity index is 751. The highest BCUT2D eigenvalue weighted by Crippen LogP contribution is 2.46. The van der Waals surface area contributed by atoms with Crippen LogP contribution in [0.5, 0.6) is 0 Å². The number of carbonyl (C=O) groups is 3. The van der Waals surface area contributed by atoms with E-state index in [1.807, 2.05) is 13.1 Å². The predicted molar refractivity (Wildman–Crippen MR) is 117 cm³/mol. The van der Waals surface area contributed by atoms with Gasteiger partial charge in [0, 0.05) is 25.7 Å². The summed E-state index contributed by atoms with van der Waals surface area (Å²) in [5.74, 6) is -1.63. The molecule has 1 unspecified atom stereocenters. The third-order valence-corrected chi connectivity index (χ3v) is 10.8. The molecule has 0 N–H and O–H groups in total. The highest BCUT2D eigenvalue weighted by atomic mass is 28.4. The van der Waals surface area contributed by atoms with Crippen LogP contribution in [-0.4, -0.2) is 63.5 Å². The minimum atomic E-state index is -2.51. The standard InChI is InChI=1S/C20H35N3O8Si/c1-11(2)20(6,7)32(8,9)31-19-16(22-23-21)18(29-14(5)26)17(28-13(4)25)15(30-19)10-27-12(3)24/h11,15-19H,10H2,1-9H3/t15?,16-,17+,18-,19+/m0/s1. The summed E-state index contributed by atoms with van der Waals surface area (Å²) in [6.07, 6.45) is -4.48. The normalized spacial score (nSPS) is 26.1. The number of rotatable bonds is 9. The largest absolute Gasteiger partial charge is 0.463 e. The van der Waals surface area contributed by atoms with Crippen LogP contribution in [0.2, 0.25) is 18.1 Å². The van der Waals surface area contributed by atoms with Gasteiger partial charge < -0.3 is 23.4 Å². The molecule has 5 atom stereocenters. The maximum Gasteiger partial charge on any atom is 0.303 e. The van der Waals surface area contributed by atoms with E-state index in [1.54, 1.807) is 0 Å². The lowest BCUT2D eigenvalue weighted by molar-refractivity contribution is -0.255. The van der Waals surface area contributed by atoms with Gasteiger partial charge in [0.25, 0.3) is 0 Å². The average Bonchev–Trinajstić information content (AvgIpc) is 2.63. The molecule has 0 aromatic carbocycles. The van der Waals surface area contributed by atoms with Crippen molar-refractivity contribution < 1.29 is 37.8 Å². The number of esters is 3. The molecule has 11 nitrogen and oxygen atoms in total. The van der Waals surface area contributed by atoms with Gasteiger partial charge in [0.05, 0.1) is 0 Å². The summed E-state index contributed by atoms with van der Waals surface area (Å²) in [7, 11) is -2.51. The predicted octanol–water partition coefficient (Wildman–Crippen LogP) is 3.47. The van der Waals surface area contributed by atoms with E-state index in [1.165, 1.54) is 20.8 Å². The van der Waals surface area contributed by atoms with Gasteiger partial charge in [0.1, 0.15) is 18.8 Å². The summed E-state index contributed by atoms with van der Waals surface area (Å²) in [4.78, 5) is 37.9. The first kappa shape index (κ1) is 27.9. The Morgan fingerprint density at radius 2 is 1.59 bits per heavy atom. The average molecular weight is 474 g/mol. The van der Waals surface area contributed by atoms with Crippen molar-refractivity contribution in [2.24, 2.45) is 11.0 Å². The second-order valence-electron chi connectivity index (χ2n) is 9.19. The Morgan fingerprint density at radius 1 is 1.06 bits per heavy atom. The molecule has 0 aliphatic carbocycles. The first-order valence-corrected chi connectivity index (χ1v) is 13.4. The third-order valence-electron chi connectivity index (χ3n) is 6.26. The number of nitrogens with zero attached hydrogens (tertiary/aromatic N) is 3. The van der Waals surface area contributed by atoms with E-state index in [-0.39, 0.29) is 17.6 Å². The van der Waals surface area contributed by atoms with Crippen molar-refractivity contribution in [1.82, 2.24) is 0 Å². The summed E-state index contributed by atoms with van der Waals surface area (Å²) in [5.41, 5.74) is 9.19. The van der Waals surface area contributed by atoms with Gasteiger partial charge in [-0.3, -0.25) is 14.4 Å². The van der Waals surface area contributed by atoms with Gasteiger partial charge in [0.15, 0.2) is 26.8 Å². The first-order valence-electron chi connectivity index (χ1n) is 10.5. The van der Waals surface area contributed by atoms with Crippen LogP contribution < -0.4 is 0 Å². The highest BCUT2D eigenvalue weighted by molar-refractivity contribution is 6.74. The lowest BCUT2D eigenvalue weighted by Crippen LogP contribution is -2.63. The zero-order valence-corrected chi connectivity index (χ0v) is 21.3. The maximum absolute atomic E-state index is 11.9. The smallest absolute Gasteiger partial charge is 0.303 e. The van der Waals surface area contributed by atoms with Gasteiger partial charge in [-0.05, 0) is 29.6 Å². The van der Waals surface area contributed by atoms with Crippen molar-refractivity contribution in [1.29, 1.82) is 0 Å². The Kier molecular flexibility index (Phi) is 9.70. The second-order valence-corrected chi connectivity index (χ2v) is 13.7. The molecule has 0 amide bonds. The number of ether oxygens (including phenoxy) is 4. The number of azide groups is 1. The first-order chi connectivity index (χ1) is 14.6. The zero-order valence-electron chi connectivity index (χ0n) is 20.3. The third kappa shape index (κ3) is 6.93. The molecule has 0 aromatic heterocycles. The van der Waals surface area contributed by atoms with Crippen LogP contribution in [-0.2, 0) is 37.8 Å². The molecule has 1 aliphatic rings. The highest BCUT2D eigenvalue weighted by Gasteiger charge is 2.54. The van der Waals surface area contributed by atoms with Crippen molar-refractivity contribution in [3.05, 3.63) is 10.4 Å². The SMILES string of the molecule is CC(=O)OCC1O[C@H](O[Si](C)(C)C(C)(C)C(C)C)[C@@H](N=[N+]=[N-])[C@H](OC(C)=O)[C@@H]1OC(C)=O. The molecule has 1 saturated heterocycles. The summed E-state index contributed by atoms with van der Waals surface area (Å²) >= 11 is 0. The van der Waals surface area contributed by atoms with Crippen LogP contribution in [0, 0.1) is 5.92 Å². The zero-order chi connectivity index (χ0) is 24.9. The van der Waals surface area contributed by atoms with Gasteiger partial charge in [0.2, 0.25) is 0 Å². The molecule has 0 aromatic rings. The van der Waals surface area contributed by atoms with Gasteiger partial charge in [-0.15, -0.1) is 0 Å². The topological polar surface area (TPSA) is 146 Å². The van der Waals surface area contributed by atoms with E-state index in [0.29, 0.717) is 0 Å². The lowest BCUT2D eigenvalue weighted by atomic mass is 9.97. The Hall–Kier alpha value is -2.14. The lowest BCUT2D eigenvalue weighted by Gasteiger charge is -2.49. The molecule has 32 heavy (non-hydrogen) atoms. The molecule has 1 rings (SSSR count). The van der Waals surface area contributed by atoms with Crippen molar-refractivity contribution in [3.63, 3.8) is 0 Å². The fraction of sp³-hybridized carbons (Fsp3) is 0.850. The molecule has 0 radical (unpaired) electrons. The van der Waals surface area contributed by atoms with Crippen LogP contribution in [0.4, 0.5) is 0 Å². The molecule has 1 aliphatic heterocycles. The molecular formula is C20H35N3O8Si. The Balaban J connectivity index is 3.46. The number of hydrogen-bond acceptors (Lipinski definition) is 9. The fourth-order valence-corrected chi connectivity index (χ4v) is 5.77. The van der Waals surface area contributed by atoms with Crippen LogP contribution in [0.15, 0.2) is 5.11 Å². The Labute approximate surface area is 189 Å². The van der Waals surface area contributed by atoms with Gasteiger partial charge in [-0.2, -0.15) is 0 Å². The molecule has 182 valence electrons. The summed E-state index contributed by atoms with van der Waals surface area (Å²) in [6, 6.07) is -1.13. The molecule has 0 bridgehead atoms. The van der Waals surface area contributed by atoms with E-state index in [0.717, 1.165) is 0 Å². The molecule has 1 heterocycles. The monoisotopic (exact) mass is 473 g/mol. The quantitative estimate of drug-likeness (QED) is 0.123. The molecule has 1 fully saturated rings. The van der Waals surface area contributed by atoms with E-state index in [2.05, 4.69) is 37.7 Å². The van der Waals surface area contributed by atoms with Crippen LogP contribution in [0.1, 0.15) is 48.5 Å². The molecule has 12 heteroatoms. The maximum atomic E-state index is 11.9. The summed E-state index contributed by atoms with van der Waals surface area (Å²) in [6.45, 7) is 15.7. The number of hydrogen-bond donors (Lipinski definition) is 0. The van der Waals surface area contributed by atoms with Gasteiger partial charge in [-0.25, -0.2) is 0 Å². The van der Waals surface area contributed by atoms with Crippen molar-refractivity contribution in [2.75, 3.05) is 6.61 Å². The van der Waals surface area contributed by atoms with E-state index < -0.39 is 56.9 Å². The van der Waals surface area contributed by atoms with Crippen molar-refractivity contribution >= 4 is 26.2 Å². The van der Waals surface area contributed by atoms with E-state index in [9.17, 15) is 19.9 Å². The molecular weight excluding hydrogens is 438 g/mol. The van der Waals surface area contributed by atoms with E-state index in [4.69, 9.17) is 23.4 Å². The summed E-state index contributed by atoms with van der Waals surface area (Å²) < 4.78 is 28.3. The fourth-order valence-electron chi connectivity index (χ4n) is 3.30. The van der Waals surface area contributed by atoms with Crippen molar-refractivity contribution in [2.45, 2.75) is 97.2 Å². The van der Waals surface area contributed by atoms with Crippen molar-refractivity contribution in [3.8, 4) is 0 Å². The molecule has 0 saturated carbocycles. The number of carbonyl (C=O) groups excluding carboxylic acids is 3. The second kappa shape index (κ2) is 11.1.